The number of carbonyl (C=O) groups excluding carboxylic acids is 2. The van der Waals surface area contributed by atoms with E-state index in [1.807, 2.05) is 12.1 Å². The van der Waals surface area contributed by atoms with E-state index >= 15 is 0 Å². The predicted octanol–water partition coefficient (Wildman–Crippen LogP) is 4.52. The van der Waals surface area contributed by atoms with Gasteiger partial charge in [-0.05, 0) is 57.9 Å². The molecule has 3 aromatic rings. The van der Waals surface area contributed by atoms with Gasteiger partial charge in [0.15, 0.2) is 0 Å². The second-order valence-electron chi connectivity index (χ2n) is 6.75. The van der Waals surface area contributed by atoms with Crippen molar-refractivity contribution in [2.45, 2.75) is 13.0 Å². The number of nitrogens with one attached hydrogen (secondary N) is 2. The van der Waals surface area contributed by atoms with Gasteiger partial charge in [0.1, 0.15) is 24.6 Å². The molecule has 0 atom stereocenters. The third kappa shape index (κ3) is 6.98. The summed E-state index contributed by atoms with van der Waals surface area (Å²) >= 11 is 3.42. The number of nitrogens with zero attached hydrogens (tertiary/aromatic N) is 2. The first kappa shape index (κ1) is 23.6. The van der Waals surface area contributed by atoms with Crippen LogP contribution in [0.1, 0.15) is 23.1 Å². The summed E-state index contributed by atoms with van der Waals surface area (Å²) in [6.07, 6.45) is 0.901. The maximum absolute atomic E-state index is 13.5. The van der Waals surface area contributed by atoms with Crippen molar-refractivity contribution in [2.75, 3.05) is 5.32 Å². The van der Waals surface area contributed by atoms with E-state index in [2.05, 4.69) is 37.8 Å². The van der Waals surface area contributed by atoms with Crippen molar-refractivity contribution < 1.29 is 18.7 Å². The van der Waals surface area contributed by atoms with Crippen LogP contribution in [-0.4, -0.2) is 18.0 Å². The lowest BCUT2D eigenvalue weighted by atomic mass is 10.1. The van der Waals surface area contributed by atoms with Gasteiger partial charge in [-0.3, -0.25) is 9.59 Å². The second-order valence-corrected chi connectivity index (χ2v) is 7.60. The van der Waals surface area contributed by atoms with Crippen LogP contribution in [0.4, 0.5) is 10.1 Å². The second kappa shape index (κ2) is 11.5. The molecule has 0 saturated heterocycles. The van der Waals surface area contributed by atoms with Crippen LogP contribution >= 0.6 is 15.9 Å². The SMILES string of the molecule is N#Cc1ccccc1COc1ccc(C=NNC(=O)CC(=O)Nc2ccccc2F)cc1Br. The van der Waals surface area contributed by atoms with E-state index in [9.17, 15) is 14.0 Å². The molecule has 7 nitrogen and oxygen atoms in total. The standard InChI is InChI=1S/C24H18BrFN4O3/c25-19-11-16(9-10-22(19)33-15-18-6-2-1-5-17(18)13-27)14-28-30-24(32)12-23(31)29-21-8-4-3-7-20(21)26/h1-11,14H,12,15H2,(H,29,31)(H,30,32). The first-order valence-electron chi connectivity index (χ1n) is 9.73. The monoisotopic (exact) mass is 508 g/mol. The fourth-order valence-electron chi connectivity index (χ4n) is 2.75. The quantitative estimate of drug-likeness (QED) is 0.265. The number of hydrogen-bond donors (Lipinski definition) is 2. The molecule has 0 unspecified atom stereocenters. The molecule has 0 spiro atoms. The van der Waals surface area contributed by atoms with Gasteiger partial charge in [-0.2, -0.15) is 10.4 Å². The van der Waals surface area contributed by atoms with Gasteiger partial charge in [-0.1, -0.05) is 30.3 Å². The molecular formula is C24H18BrFN4O3. The number of hydrazone groups is 1. The molecule has 2 N–H and O–H groups in total. The number of halogens is 2. The molecule has 0 saturated carbocycles. The Morgan fingerprint density at radius 1 is 1.09 bits per heavy atom. The molecule has 3 aromatic carbocycles. The first-order valence-corrected chi connectivity index (χ1v) is 10.5. The van der Waals surface area contributed by atoms with Gasteiger partial charge < -0.3 is 10.1 Å². The Balaban J connectivity index is 1.50. The summed E-state index contributed by atoms with van der Waals surface area (Å²) in [6, 6.07) is 20.2. The molecule has 0 aliphatic carbocycles. The maximum Gasteiger partial charge on any atom is 0.249 e. The molecule has 3 rings (SSSR count). The van der Waals surface area contributed by atoms with Gasteiger partial charge in [0.2, 0.25) is 11.8 Å². The van der Waals surface area contributed by atoms with Crippen LogP contribution in [-0.2, 0) is 16.2 Å². The van der Waals surface area contributed by atoms with Gasteiger partial charge in [0, 0.05) is 5.56 Å². The number of rotatable bonds is 8. The zero-order valence-corrected chi connectivity index (χ0v) is 18.8. The summed E-state index contributed by atoms with van der Waals surface area (Å²) in [5.41, 5.74) is 4.25. The maximum atomic E-state index is 13.5. The molecule has 2 amide bonds. The van der Waals surface area contributed by atoms with E-state index in [-0.39, 0.29) is 12.3 Å². The first-order chi connectivity index (χ1) is 16.0. The highest BCUT2D eigenvalue weighted by Crippen LogP contribution is 2.26. The number of benzene rings is 3. The van der Waals surface area contributed by atoms with Crippen LogP contribution in [0.3, 0.4) is 0 Å². The summed E-state index contributed by atoms with van der Waals surface area (Å²) in [5, 5.41) is 15.3. The third-order valence-electron chi connectivity index (χ3n) is 4.35. The molecule has 0 heterocycles. The van der Waals surface area contributed by atoms with Crippen LogP contribution in [0, 0.1) is 17.1 Å². The largest absolute Gasteiger partial charge is 0.488 e. The lowest BCUT2D eigenvalue weighted by Crippen LogP contribution is -2.24. The number of anilines is 1. The zero-order valence-electron chi connectivity index (χ0n) is 17.2. The van der Waals surface area contributed by atoms with E-state index < -0.39 is 24.1 Å². The molecule has 0 aromatic heterocycles. The number of ether oxygens (including phenoxy) is 1. The normalized spacial score (nSPS) is 10.5. The van der Waals surface area contributed by atoms with E-state index in [0.29, 0.717) is 21.3 Å². The molecule has 0 radical (unpaired) electrons. The topological polar surface area (TPSA) is 104 Å². The average molecular weight is 509 g/mol. The minimum atomic E-state index is -0.657. The van der Waals surface area contributed by atoms with E-state index in [0.717, 1.165) is 5.56 Å². The van der Waals surface area contributed by atoms with Crippen molar-refractivity contribution in [3.63, 3.8) is 0 Å². The number of para-hydroxylation sites is 1. The highest BCUT2D eigenvalue weighted by molar-refractivity contribution is 9.10. The van der Waals surface area contributed by atoms with Crippen LogP contribution < -0.4 is 15.5 Å². The molecule has 0 aliphatic rings. The number of amides is 2. The average Bonchev–Trinajstić information content (AvgIpc) is 2.80. The molecule has 33 heavy (non-hydrogen) atoms. The van der Waals surface area contributed by atoms with Gasteiger partial charge in [0.25, 0.3) is 0 Å². The van der Waals surface area contributed by atoms with Gasteiger partial charge in [-0.15, -0.1) is 0 Å². The Morgan fingerprint density at radius 2 is 1.85 bits per heavy atom. The van der Waals surface area contributed by atoms with E-state index in [4.69, 9.17) is 10.00 Å². The minimum absolute atomic E-state index is 0.00192. The number of hydrogen-bond acceptors (Lipinski definition) is 5. The van der Waals surface area contributed by atoms with Crippen LogP contribution in [0.5, 0.6) is 5.75 Å². The summed E-state index contributed by atoms with van der Waals surface area (Å²) in [4.78, 5) is 23.7. The van der Waals surface area contributed by atoms with Crippen molar-refractivity contribution in [3.8, 4) is 11.8 Å². The third-order valence-corrected chi connectivity index (χ3v) is 4.97. The van der Waals surface area contributed by atoms with Crippen molar-refractivity contribution in [1.29, 1.82) is 5.26 Å². The fourth-order valence-corrected chi connectivity index (χ4v) is 3.26. The Hall–Kier alpha value is -4.03. The van der Waals surface area contributed by atoms with Crippen molar-refractivity contribution in [1.82, 2.24) is 5.43 Å². The predicted molar refractivity (Wildman–Crippen MR) is 125 cm³/mol. The summed E-state index contributed by atoms with van der Waals surface area (Å²) in [7, 11) is 0. The minimum Gasteiger partial charge on any atom is -0.488 e. The van der Waals surface area contributed by atoms with Crippen molar-refractivity contribution in [2.24, 2.45) is 5.10 Å². The van der Waals surface area contributed by atoms with Crippen LogP contribution in [0.2, 0.25) is 0 Å². The Labute approximate surface area is 198 Å². The molecule has 0 aliphatic heterocycles. The smallest absolute Gasteiger partial charge is 0.249 e. The number of nitriles is 1. The molecule has 0 bridgehead atoms. The van der Waals surface area contributed by atoms with Gasteiger partial charge in [0.05, 0.1) is 28.0 Å². The molecule has 166 valence electrons. The van der Waals surface area contributed by atoms with Gasteiger partial charge >= 0.3 is 0 Å². The summed E-state index contributed by atoms with van der Waals surface area (Å²) < 4.78 is 20.0. The highest BCUT2D eigenvalue weighted by Gasteiger charge is 2.11. The Bertz CT molecular complexity index is 1240. The van der Waals surface area contributed by atoms with Crippen LogP contribution in [0.25, 0.3) is 0 Å². The van der Waals surface area contributed by atoms with E-state index in [1.54, 1.807) is 36.4 Å². The Kier molecular flexibility index (Phi) is 8.27. The van der Waals surface area contributed by atoms with E-state index in [1.165, 1.54) is 24.4 Å². The lowest BCUT2D eigenvalue weighted by molar-refractivity contribution is -0.126. The molecular weight excluding hydrogens is 491 g/mol. The zero-order chi connectivity index (χ0) is 23.6. The summed E-state index contributed by atoms with van der Waals surface area (Å²) in [6.45, 7) is 0.237. The van der Waals surface area contributed by atoms with Crippen LogP contribution in [0.15, 0.2) is 76.3 Å². The fraction of sp³-hybridized carbons (Fsp3) is 0.0833. The summed E-state index contributed by atoms with van der Waals surface area (Å²) in [5.74, 6) is -1.31. The highest BCUT2D eigenvalue weighted by atomic mass is 79.9. The van der Waals surface area contributed by atoms with Gasteiger partial charge in [-0.25, -0.2) is 9.82 Å². The van der Waals surface area contributed by atoms with Crippen molar-refractivity contribution >= 4 is 39.6 Å². The van der Waals surface area contributed by atoms with Crippen molar-refractivity contribution in [3.05, 3.63) is 93.7 Å². The lowest BCUT2D eigenvalue weighted by Gasteiger charge is -2.10. The molecule has 0 fully saturated rings. The number of carbonyl (C=O) groups is 2. The Morgan fingerprint density at radius 3 is 2.61 bits per heavy atom. The molecule has 9 heteroatoms.